The maximum Gasteiger partial charge on any atom is 0.410 e. The monoisotopic (exact) mass is 570 g/mol. The van der Waals surface area contributed by atoms with Gasteiger partial charge < -0.3 is 19.5 Å². The average Bonchev–Trinajstić information content (AvgIpc) is 2.84. The van der Waals surface area contributed by atoms with Crippen LogP contribution in [0.4, 0.5) is 4.79 Å². The van der Waals surface area contributed by atoms with Gasteiger partial charge in [-0.05, 0) is 85.1 Å². The number of piperazine rings is 1. The second kappa shape index (κ2) is 10.3. The molecule has 3 aliphatic carbocycles. The molecule has 1 amide bonds. The second-order valence-corrected chi connectivity index (χ2v) is 15.4. The van der Waals surface area contributed by atoms with Gasteiger partial charge in [-0.25, -0.2) is 4.79 Å². The average molecular weight is 571 g/mol. The summed E-state index contributed by atoms with van der Waals surface area (Å²) in [6.07, 6.45) is 4.51. The van der Waals surface area contributed by atoms with E-state index in [2.05, 4.69) is 37.8 Å². The predicted molar refractivity (Wildman–Crippen MR) is 162 cm³/mol. The van der Waals surface area contributed by atoms with Gasteiger partial charge in [0.15, 0.2) is 0 Å². The summed E-state index contributed by atoms with van der Waals surface area (Å²) >= 11 is 0. The van der Waals surface area contributed by atoms with E-state index in [1.54, 1.807) is 27.7 Å². The molecule has 1 aliphatic heterocycles. The Balaban J connectivity index is 1.78. The largest absolute Gasteiger partial charge is 0.456 e. The highest BCUT2D eigenvalue weighted by Crippen LogP contribution is 2.79. The zero-order chi connectivity index (χ0) is 30.7. The summed E-state index contributed by atoms with van der Waals surface area (Å²) in [5.41, 5.74) is -3.62. The van der Waals surface area contributed by atoms with Gasteiger partial charge >= 0.3 is 12.1 Å². The number of carbonyl (C=O) groups excluding carboxylic acids is 2. The Labute approximate surface area is 247 Å². The number of esters is 1. The number of ether oxygens (including phenoxy) is 2. The van der Waals surface area contributed by atoms with Crippen LogP contribution < -0.4 is 0 Å². The fraction of sp³-hybridized carbons (Fsp3) is 0.765. The van der Waals surface area contributed by atoms with Crippen LogP contribution in [0.25, 0.3) is 0 Å². The molecule has 0 spiro atoms. The molecule has 4 atom stereocenters. The molecule has 1 aromatic rings. The molecule has 4 unspecified atom stereocenters. The number of hydrogen-bond acceptors (Lipinski definition) is 6. The molecule has 4 fully saturated rings. The topological polar surface area (TPSA) is 79.3 Å². The molecule has 0 radical (unpaired) electrons. The van der Waals surface area contributed by atoms with E-state index in [0.717, 1.165) is 50.8 Å². The van der Waals surface area contributed by atoms with Crippen molar-refractivity contribution in [3.8, 4) is 0 Å². The summed E-state index contributed by atoms with van der Waals surface area (Å²) in [5.74, 6) is -0.236. The normalized spacial score (nSPS) is 32.7. The van der Waals surface area contributed by atoms with Crippen LogP contribution in [0.3, 0.4) is 0 Å². The van der Waals surface area contributed by atoms with Crippen LogP contribution in [0.15, 0.2) is 30.3 Å². The summed E-state index contributed by atoms with van der Waals surface area (Å²) in [6, 6.07) is 10.2. The van der Waals surface area contributed by atoms with E-state index < -0.39 is 27.6 Å². The van der Waals surface area contributed by atoms with Gasteiger partial charge in [0, 0.05) is 37.1 Å². The van der Waals surface area contributed by atoms with Gasteiger partial charge in [0.05, 0.1) is 5.60 Å². The van der Waals surface area contributed by atoms with Crippen LogP contribution in [0.1, 0.15) is 107 Å². The lowest BCUT2D eigenvalue weighted by atomic mass is 9.26. The fourth-order valence-electron chi connectivity index (χ4n) is 8.65. The van der Waals surface area contributed by atoms with E-state index in [1.807, 2.05) is 43.9 Å². The van der Waals surface area contributed by atoms with E-state index in [9.17, 15) is 14.7 Å². The molecule has 7 nitrogen and oxygen atoms in total. The van der Waals surface area contributed by atoms with Crippen molar-refractivity contribution in [1.29, 1.82) is 0 Å². The van der Waals surface area contributed by atoms with Crippen LogP contribution in [0, 0.1) is 10.8 Å². The molecular weight excluding hydrogens is 516 g/mol. The number of aliphatic hydroxyl groups is 1. The van der Waals surface area contributed by atoms with Crippen molar-refractivity contribution in [3.63, 3.8) is 0 Å². The Morgan fingerprint density at radius 1 is 0.902 bits per heavy atom. The summed E-state index contributed by atoms with van der Waals surface area (Å²) in [7, 11) is 0. The van der Waals surface area contributed by atoms with Gasteiger partial charge in [-0.1, -0.05) is 57.5 Å². The Hall–Kier alpha value is -2.12. The molecule has 1 N–H and O–H groups in total. The summed E-state index contributed by atoms with van der Waals surface area (Å²) < 4.78 is 12.1. The van der Waals surface area contributed by atoms with Crippen molar-refractivity contribution in [3.05, 3.63) is 35.9 Å². The summed E-state index contributed by atoms with van der Waals surface area (Å²) in [4.78, 5) is 32.1. The highest BCUT2D eigenvalue weighted by molar-refractivity contribution is 5.89. The van der Waals surface area contributed by atoms with E-state index >= 15 is 0 Å². The molecule has 1 heterocycles. The van der Waals surface area contributed by atoms with Gasteiger partial charge in [-0.3, -0.25) is 9.69 Å². The summed E-state index contributed by atoms with van der Waals surface area (Å²) in [6.45, 7) is 22.2. The quantitative estimate of drug-likeness (QED) is 0.387. The minimum Gasteiger partial charge on any atom is -0.456 e. The molecule has 2 bridgehead atoms. The van der Waals surface area contributed by atoms with Crippen LogP contribution in [0.5, 0.6) is 0 Å². The van der Waals surface area contributed by atoms with Gasteiger partial charge in [0.1, 0.15) is 16.6 Å². The van der Waals surface area contributed by atoms with Crippen LogP contribution in [-0.4, -0.2) is 75.5 Å². The lowest BCUT2D eigenvalue weighted by molar-refractivity contribution is -0.279. The van der Waals surface area contributed by atoms with Crippen molar-refractivity contribution < 1.29 is 24.2 Å². The lowest BCUT2D eigenvalue weighted by Gasteiger charge is -2.79. The third kappa shape index (κ3) is 4.79. The molecule has 1 saturated heterocycles. The van der Waals surface area contributed by atoms with Gasteiger partial charge in [0.2, 0.25) is 0 Å². The first-order valence-electron chi connectivity index (χ1n) is 15.5. The Bertz CT molecular complexity index is 1130. The zero-order valence-corrected chi connectivity index (χ0v) is 27.2. The van der Waals surface area contributed by atoms with Crippen molar-refractivity contribution in [1.82, 2.24) is 9.80 Å². The molecule has 1 aromatic carbocycles. The number of fused-ring (bicyclic) bond motifs is 2. The Morgan fingerprint density at radius 3 is 2.00 bits per heavy atom. The van der Waals surface area contributed by atoms with Crippen LogP contribution in [-0.2, 0) is 19.7 Å². The minimum absolute atomic E-state index is 0.236. The van der Waals surface area contributed by atoms with Crippen molar-refractivity contribution in [2.45, 2.75) is 129 Å². The van der Waals surface area contributed by atoms with Crippen molar-refractivity contribution >= 4 is 12.1 Å². The first-order chi connectivity index (χ1) is 18.8. The van der Waals surface area contributed by atoms with E-state index in [-0.39, 0.29) is 23.0 Å². The third-order valence-electron chi connectivity index (χ3n) is 11.1. The molecule has 3 saturated carbocycles. The van der Waals surface area contributed by atoms with Gasteiger partial charge in [-0.15, -0.1) is 0 Å². The van der Waals surface area contributed by atoms with Gasteiger partial charge in [-0.2, -0.15) is 0 Å². The molecule has 41 heavy (non-hydrogen) atoms. The zero-order valence-electron chi connectivity index (χ0n) is 27.2. The lowest BCUT2D eigenvalue weighted by Crippen LogP contribution is -2.84. The second-order valence-electron chi connectivity index (χ2n) is 15.4. The Kier molecular flexibility index (Phi) is 7.96. The van der Waals surface area contributed by atoms with Gasteiger partial charge in [0.25, 0.3) is 0 Å². The van der Waals surface area contributed by atoms with Crippen LogP contribution >= 0.6 is 0 Å². The standard InChI is InChI=1S/C34H54N2O5/c1-11-17-33(36-22-20-35(21-23-36)27(38)41-28(2,3)4)19-18-31(9)24-32(33,10)34(31,25-15-13-12-14-16-25)26(37)40-30(7,8)29(5,6)39/h12-16,39H,11,17-24H2,1-10H3. The number of benzene rings is 1. The number of rotatable bonds is 7. The highest BCUT2D eigenvalue weighted by atomic mass is 16.6. The summed E-state index contributed by atoms with van der Waals surface area (Å²) in [5, 5.41) is 11.0. The number of nitrogens with zero attached hydrogens (tertiary/aromatic N) is 2. The predicted octanol–water partition coefficient (Wildman–Crippen LogP) is 6.32. The molecule has 7 heteroatoms. The number of hydrogen-bond donors (Lipinski definition) is 1. The highest BCUT2D eigenvalue weighted by Gasteiger charge is 2.83. The number of carbonyl (C=O) groups is 2. The van der Waals surface area contributed by atoms with Crippen LogP contribution in [0.2, 0.25) is 0 Å². The minimum atomic E-state index is -1.21. The molecule has 230 valence electrons. The SMILES string of the molecule is CCCC1(N2CCN(C(=O)OC(C)(C)C)CC2)CCC2(C)CC1(C)C2(C(=O)OC(C)(C)C(C)(C)O)c1ccccc1. The smallest absolute Gasteiger partial charge is 0.410 e. The van der Waals surface area contributed by atoms with Crippen molar-refractivity contribution in [2.24, 2.45) is 10.8 Å². The fourth-order valence-corrected chi connectivity index (χ4v) is 8.65. The third-order valence-corrected chi connectivity index (χ3v) is 11.1. The Morgan fingerprint density at radius 2 is 1.49 bits per heavy atom. The van der Waals surface area contributed by atoms with E-state index in [4.69, 9.17) is 9.47 Å². The molecule has 5 rings (SSSR count). The molecule has 4 aliphatic rings. The van der Waals surface area contributed by atoms with Crippen molar-refractivity contribution in [2.75, 3.05) is 26.2 Å². The maximum absolute atomic E-state index is 14.9. The van der Waals surface area contributed by atoms with E-state index in [0.29, 0.717) is 13.1 Å². The molecule has 0 aromatic heterocycles. The van der Waals surface area contributed by atoms with E-state index in [1.165, 1.54) is 0 Å². The molecular formula is C34H54N2O5. The maximum atomic E-state index is 14.9. The first kappa shape index (κ1) is 31.8. The number of amides is 1. The first-order valence-corrected chi connectivity index (χ1v) is 15.5.